The van der Waals surface area contributed by atoms with E-state index in [9.17, 15) is 0 Å². The van der Waals surface area contributed by atoms with Crippen LogP contribution in [-0.4, -0.2) is 12.6 Å². The summed E-state index contributed by atoms with van der Waals surface area (Å²) in [5.41, 5.74) is 2.17. The average molecular weight is 257 g/mol. The first kappa shape index (κ1) is 13.2. The van der Waals surface area contributed by atoms with Gasteiger partial charge in [-0.3, -0.25) is 0 Å². The minimum atomic E-state index is 0.637. The minimum absolute atomic E-state index is 0.637. The fourth-order valence-electron chi connectivity index (χ4n) is 3.92. The molecule has 0 amide bonds. The molecule has 19 heavy (non-hydrogen) atoms. The summed E-state index contributed by atoms with van der Waals surface area (Å²) in [7, 11) is 0. The number of benzene rings is 1. The number of rotatable bonds is 5. The zero-order chi connectivity index (χ0) is 13.1. The highest BCUT2D eigenvalue weighted by Crippen LogP contribution is 2.42. The van der Waals surface area contributed by atoms with Crippen molar-refractivity contribution in [3.05, 3.63) is 35.9 Å². The van der Waals surface area contributed by atoms with Gasteiger partial charge in [0, 0.05) is 12.6 Å². The van der Waals surface area contributed by atoms with Crippen molar-refractivity contribution in [2.24, 2.45) is 5.41 Å². The summed E-state index contributed by atoms with van der Waals surface area (Å²) in [5.74, 6) is 0.805. The van der Waals surface area contributed by atoms with Gasteiger partial charge in [-0.1, -0.05) is 50.1 Å². The van der Waals surface area contributed by atoms with Crippen LogP contribution in [0.2, 0.25) is 0 Å². The molecule has 0 heterocycles. The lowest BCUT2D eigenvalue weighted by atomic mass is 9.75. The molecule has 0 unspecified atom stereocenters. The van der Waals surface area contributed by atoms with Crippen LogP contribution in [0.1, 0.15) is 63.4 Å². The molecule has 2 fully saturated rings. The Kier molecular flexibility index (Phi) is 3.93. The lowest BCUT2D eigenvalue weighted by molar-refractivity contribution is 0.213. The molecule has 0 aromatic heterocycles. The SMILES string of the molecule is CCC1(CNC2CC(c3ccccc3)C2)CCCC1. The van der Waals surface area contributed by atoms with Gasteiger partial charge < -0.3 is 5.32 Å². The molecule has 2 saturated carbocycles. The molecule has 1 nitrogen and oxygen atoms in total. The van der Waals surface area contributed by atoms with Crippen LogP contribution in [0.25, 0.3) is 0 Å². The molecular formula is C18H27N. The Morgan fingerprint density at radius 1 is 1.11 bits per heavy atom. The lowest BCUT2D eigenvalue weighted by Gasteiger charge is -2.39. The second-order valence-corrected chi connectivity index (χ2v) is 6.72. The molecule has 0 radical (unpaired) electrons. The van der Waals surface area contributed by atoms with Crippen molar-refractivity contribution in [1.82, 2.24) is 5.32 Å². The van der Waals surface area contributed by atoms with E-state index < -0.39 is 0 Å². The van der Waals surface area contributed by atoms with Crippen LogP contribution in [0.3, 0.4) is 0 Å². The van der Waals surface area contributed by atoms with Gasteiger partial charge in [0.05, 0.1) is 0 Å². The van der Waals surface area contributed by atoms with E-state index in [1.54, 1.807) is 0 Å². The zero-order valence-electron chi connectivity index (χ0n) is 12.2. The largest absolute Gasteiger partial charge is 0.313 e. The second kappa shape index (κ2) is 5.66. The Hall–Kier alpha value is -0.820. The summed E-state index contributed by atoms with van der Waals surface area (Å²) in [5, 5.41) is 3.85. The third-order valence-electron chi connectivity index (χ3n) is 5.59. The maximum absolute atomic E-state index is 3.85. The summed E-state index contributed by atoms with van der Waals surface area (Å²) < 4.78 is 0. The summed E-state index contributed by atoms with van der Waals surface area (Å²) in [6.07, 6.45) is 9.83. The normalized spacial score (nSPS) is 29.1. The molecule has 104 valence electrons. The van der Waals surface area contributed by atoms with Gasteiger partial charge in [-0.2, -0.15) is 0 Å². The fourth-order valence-corrected chi connectivity index (χ4v) is 3.92. The van der Waals surface area contributed by atoms with Gasteiger partial charge >= 0.3 is 0 Å². The summed E-state index contributed by atoms with van der Waals surface area (Å²) in [4.78, 5) is 0. The first-order valence-electron chi connectivity index (χ1n) is 8.10. The summed E-state index contributed by atoms with van der Waals surface area (Å²) >= 11 is 0. The predicted molar refractivity (Wildman–Crippen MR) is 81.4 cm³/mol. The molecule has 1 aromatic rings. The highest BCUT2D eigenvalue weighted by Gasteiger charge is 2.35. The Morgan fingerprint density at radius 2 is 1.79 bits per heavy atom. The Labute approximate surface area is 117 Å². The highest BCUT2D eigenvalue weighted by molar-refractivity contribution is 5.22. The van der Waals surface area contributed by atoms with Crippen molar-refractivity contribution in [1.29, 1.82) is 0 Å². The maximum atomic E-state index is 3.85. The molecule has 0 bridgehead atoms. The van der Waals surface area contributed by atoms with Crippen molar-refractivity contribution < 1.29 is 0 Å². The lowest BCUT2D eigenvalue weighted by Crippen LogP contribution is -2.44. The molecule has 0 spiro atoms. The summed E-state index contributed by atoms with van der Waals surface area (Å²) in [6, 6.07) is 11.8. The van der Waals surface area contributed by atoms with Crippen molar-refractivity contribution in [3.8, 4) is 0 Å². The molecule has 2 aliphatic carbocycles. The predicted octanol–water partition coefficient (Wildman–Crippen LogP) is 4.49. The van der Waals surface area contributed by atoms with E-state index in [4.69, 9.17) is 0 Å². The van der Waals surface area contributed by atoms with E-state index in [-0.39, 0.29) is 0 Å². The molecule has 1 N–H and O–H groups in total. The maximum Gasteiger partial charge on any atom is 0.00789 e. The molecule has 0 saturated heterocycles. The van der Waals surface area contributed by atoms with Crippen LogP contribution in [-0.2, 0) is 0 Å². The smallest absolute Gasteiger partial charge is 0.00789 e. The topological polar surface area (TPSA) is 12.0 Å². The number of hydrogen-bond donors (Lipinski definition) is 1. The molecule has 0 atom stereocenters. The monoisotopic (exact) mass is 257 g/mol. The van der Waals surface area contributed by atoms with E-state index in [1.807, 2.05) is 0 Å². The van der Waals surface area contributed by atoms with Crippen LogP contribution in [0.4, 0.5) is 0 Å². The van der Waals surface area contributed by atoms with Crippen molar-refractivity contribution >= 4 is 0 Å². The molecule has 1 heteroatoms. The van der Waals surface area contributed by atoms with Crippen LogP contribution in [0.15, 0.2) is 30.3 Å². The van der Waals surface area contributed by atoms with Crippen LogP contribution in [0, 0.1) is 5.41 Å². The first-order chi connectivity index (χ1) is 9.31. The standard InChI is InChI=1S/C18H27N/c1-2-18(10-6-7-11-18)14-19-17-12-16(13-17)15-8-4-3-5-9-15/h3-5,8-9,16-17,19H,2,6-7,10-14H2,1H3. The van der Waals surface area contributed by atoms with Crippen molar-refractivity contribution in [3.63, 3.8) is 0 Å². The Balaban J connectivity index is 1.44. The minimum Gasteiger partial charge on any atom is -0.313 e. The van der Waals surface area contributed by atoms with E-state index in [2.05, 4.69) is 42.6 Å². The third kappa shape index (κ3) is 2.86. The van der Waals surface area contributed by atoms with Crippen molar-refractivity contribution in [2.45, 2.75) is 63.8 Å². The van der Waals surface area contributed by atoms with Gasteiger partial charge in [0.15, 0.2) is 0 Å². The molecule has 0 aliphatic heterocycles. The van der Waals surface area contributed by atoms with Crippen LogP contribution >= 0.6 is 0 Å². The fraction of sp³-hybridized carbons (Fsp3) is 0.667. The Morgan fingerprint density at radius 3 is 2.42 bits per heavy atom. The zero-order valence-corrected chi connectivity index (χ0v) is 12.2. The molecular weight excluding hydrogens is 230 g/mol. The number of hydrogen-bond acceptors (Lipinski definition) is 1. The highest BCUT2D eigenvalue weighted by atomic mass is 14.9. The van der Waals surface area contributed by atoms with E-state index in [1.165, 1.54) is 57.1 Å². The average Bonchev–Trinajstić information content (AvgIpc) is 2.88. The van der Waals surface area contributed by atoms with Crippen molar-refractivity contribution in [2.75, 3.05) is 6.54 Å². The van der Waals surface area contributed by atoms with Gasteiger partial charge in [-0.25, -0.2) is 0 Å². The van der Waals surface area contributed by atoms with E-state index in [0.29, 0.717) is 5.41 Å². The quantitative estimate of drug-likeness (QED) is 0.819. The van der Waals surface area contributed by atoms with Gasteiger partial charge in [0.2, 0.25) is 0 Å². The van der Waals surface area contributed by atoms with Gasteiger partial charge in [0.25, 0.3) is 0 Å². The van der Waals surface area contributed by atoms with Crippen LogP contribution < -0.4 is 5.32 Å². The van der Waals surface area contributed by atoms with Crippen LogP contribution in [0.5, 0.6) is 0 Å². The molecule has 3 rings (SSSR count). The van der Waals surface area contributed by atoms with Gasteiger partial charge in [-0.15, -0.1) is 0 Å². The molecule has 1 aromatic carbocycles. The Bertz CT molecular complexity index is 385. The van der Waals surface area contributed by atoms with E-state index in [0.717, 1.165) is 12.0 Å². The second-order valence-electron chi connectivity index (χ2n) is 6.72. The number of nitrogens with one attached hydrogen (secondary N) is 1. The summed E-state index contributed by atoms with van der Waals surface area (Å²) in [6.45, 7) is 3.64. The van der Waals surface area contributed by atoms with E-state index >= 15 is 0 Å². The van der Waals surface area contributed by atoms with Gasteiger partial charge in [0.1, 0.15) is 0 Å². The third-order valence-corrected chi connectivity index (χ3v) is 5.59. The van der Waals surface area contributed by atoms with Gasteiger partial charge in [-0.05, 0) is 49.0 Å². The molecule has 2 aliphatic rings. The first-order valence-corrected chi connectivity index (χ1v) is 8.10.